The second-order valence-electron chi connectivity index (χ2n) is 3.38. The van der Waals surface area contributed by atoms with Crippen molar-refractivity contribution in [3.05, 3.63) is 24.0 Å². The summed E-state index contributed by atoms with van der Waals surface area (Å²) in [6, 6.07) is 4.17. The summed E-state index contributed by atoms with van der Waals surface area (Å²) >= 11 is 0. The highest BCUT2D eigenvalue weighted by Gasteiger charge is 2.09. The van der Waals surface area contributed by atoms with Crippen LogP contribution in [0.15, 0.2) is 18.2 Å². The second-order valence-corrected chi connectivity index (χ2v) is 3.38. The zero-order chi connectivity index (χ0) is 10.7. The molecule has 0 saturated carbocycles. The number of halogens is 1. The fourth-order valence-corrected chi connectivity index (χ4v) is 0.910. The van der Waals surface area contributed by atoms with Gasteiger partial charge in [0, 0.05) is 11.6 Å². The predicted molar refractivity (Wildman–Crippen MR) is 54.3 cm³/mol. The average Bonchev–Trinajstić information content (AvgIpc) is 2.09. The smallest absolute Gasteiger partial charge is 0.227 e. The van der Waals surface area contributed by atoms with Crippen molar-refractivity contribution in [3.63, 3.8) is 0 Å². The van der Waals surface area contributed by atoms with E-state index in [0.717, 1.165) is 0 Å². The van der Waals surface area contributed by atoms with Gasteiger partial charge in [0.25, 0.3) is 0 Å². The SMILES string of the molecule is CC(C)C(=O)Nc1ccc(N)cc1F. The van der Waals surface area contributed by atoms with Gasteiger partial charge in [0.15, 0.2) is 0 Å². The first kappa shape index (κ1) is 10.5. The van der Waals surface area contributed by atoms with Crippen LogP contribution in [0.3, 0.4) is 0 Å². The molecule has 0 bridgehead atoms. The van der Waals surface area contributed by atoms with E-state index in [1.807, 2.05) is 0 Å². The summed E-state index contributed by atoms with van der Waals surface area (Å²) in [6.07, 6.45) is 0. The fourth-order valence-electron chi connectivity index (χ4n) is 0.910. The van der Waals surface area contributed by atoms with E-state index in [0.29, 0.717) is 5.69 Å². The van der Waals surface area contributed by atoms with Crippen LogP contribution in [0.2, 0.25) is 0 Å². The Hall–Kier alpha value is -1.58. The molecule has 0 saturated heterocycles. The van der Waals surface area contributed by atoms with Crippen LogP contribution in [0.1, 0.15) is 13.8 Å². The summed E-state index contributed by atoms with van der Waals surface area (Å²) in [5.41, 5.74) is 5.87. The summed E-state index contributed by atoms with van der Waals surface area (Å²) in [6.45, 7) is 3.48. The Balaban J connectivity index is 2.82. The summed E-state index contributed by atoms with van der Waals surface area (Å²) in [5, 5.41) is 2.47. The molecule has 0 aliphatic carbocycles. The van der Waals surface area contributed by atoms with Crippen molar-refractivity contribution in [2.24, 2.45) is 5.92 Å². The van der Waals surface area contributed by atoms with Gasteiger partial charge in [-0.25, -0.2) is 4.39 Å². The van der Waals surface area contributed by atoms with Gasteiger partial charge in [-0.15, -0.1) is 0 Å². The maximum atomic E-state index is 13.2. The highest BCUT2D eigenvalue weighted by atomic mass is 19.1. The normalized spacial score (nSPS) is 10.3. The van der Waals surface area contributed by atoms with Crippen LogP contribution in [0, 0.1) is 11.7 Å². The van der Waals surface area contributed by atoms with E-state index in [9.17, 15) is 9.18 Å². The Kier molecular flexibility index (Phi) is 3.06. The van der Waals surface area contributed by atoms with Crippen molar-refractivity contribution in [2.75, 3.05) is 11.1 Å². The molecule has 0 aliphatic heterocycles. The summed E-state index contributed by atoms with van der Waals surface area (Å²) in [5.74, 6) is -0.903. The molecule has 14 heavy (non-hydrogen) atoms. The van der Waals surface area contributed by atoms with Crippen LogP contribution in [0.25, 0.3) is 0 Å². The fraction of sp³-hybridized carbons (Fsp3) is 0.300. The summed E-state index contributed by atoms with van der Waals surface area (Å²) in [4.78, 5) is 11.2. The van der Waals surface area contributed by atoms with Gasteiger partial charge in [-0.05, 0) is 18.2 Å². The lowest BCUT2D eigenvalue weighted by molar-refractivity contribution is -0.118. The van der Waals surface area contributed by atoms with Crippen molar-refractivity contribution in [3.8, 4) is 0 Å². The van der Waals surface area contributed by atoms with E-state index in [1.54, 1.807) is 19.9 Å². The first-order valence-electron chi connectivity index (χ1n) is 4.36. The Bertz CT molecular complexity index is 350. The molecule has 0 aliphatic rings. The maximum absolute atomic E-state index is 13.2. The first-order chi connectivity index (χ1) is 6.50. The first-order valence-corrected chi connectivity index (χ1v) is 4.36. The Morgan fingerprint density at radius 3 is 2.64 bits per heavy atom. The Morgan fingerprint density at radius 2 is 2.14 bits per heavy atom. The maximum Gasteiger partial charge on any atom is 0.227 e. The highest BCUT2D eigenvalue weighted by molar-refractivity contribution is 5.92. The number of carbonyl (C=O) groups is 1. The van der Waals surface area contributed by atoms with E-state index in [1.165, 1.54) is 12.1 Å². The minimum Gasteiger partial charge on any atom is -0.399 e. The van der Waals surface area contributed by atoms with Crippen molar-refractivity contribution < 1.29 is 9.18 Å². The molecule has 3 N–H and O–H groups in total. The average molecular weight is 196 g/mol. The summed E-state index contributed by atoms with van der Waals surface area (Å²) in [7, 11) is 0. The van der Waals surface area contributed by atoms with Crippen molar-refractivity contribution in [1.82, 2.24) is 0 Å². The molecule has 0 unspecified atom stereocenters. The molecule has 1 aromatic rings. The number of carbonyl (C=O) groups excluding carboxylic acids is 1. The topological polar surface area (TPSA) is 55.1 Å². The number of nitrogens with one attached hydrogen (secondary N) is 1. The zero-order valence-corrected chi connectivity index (χ0v) is 8.17. The van der Waals surface area contributed by atoms with E-state index in [2.05, 4.69) is 5.32 Å². The van der Waals surface area contributed by atoms with Gasteiger partial charge in [-0.3, -0.25) is 4.79 Å². The highest BCUT2D eigenvalue weighted by Crippen LogP contribution is 2.17. The molecule has 1 amide bonds. The Labute approximate surface area is 82.1 Å². The number of anilines is 2. The number of hydrogen-bond donors (Lipinski definition) is 2. The molecule has 76 valence electrons. The summed E-state index contributed by atoms with van der Waals surface area (Å²) < 4.78 is 13.2. The third-order valence-corrected chi connectivity index (χ3v) is 1.78. The molecule has 4 heteroatoms. The van der Waals surface area contributed by atoms with Crippen LogP contribution in [-0.4, -0.2) is 5.91 Å². The van der Waals surface area contributed by atoms with Gasteiger partial charge in [0.05, 0.1) is 5.69 Å². The number of hydrogen-bond acceptors (Lipinski definition) is 2. The molecule has 0 spiro atoms. The lowest BCUT2D eigenvalue weighted by Crippen LogP contribution is -2.18. The molecular formula is C10H13FN2O. The number of amides is 1. The molecular weight excluding hydrogens is 183 g/mol. The van der Waals surface area contributed by atoms with Crippen LogP contribution in [0.4, 0.5) is 15.8 Å². The minimum absolute atomic E-state index is 0.165. The number of nitrogens with two attached hydrogens (primary N) is 1. The quantitative estimate of drug-likeness (QED) is 0.711. The third kappa shape index (κ3) is 2.45. The largest absolute Gasteiger partial charge is 0.399 e. The molecule has 0 atom stereocenters. The van der Waals surface area contributed by atoms with E-state index >= 15 is 0 Å². The van der Waals surface area contributed by atoms with Gasteiger partial charge in [0.1, 0.15) is 5.82 Å². The van der Waals surface area contributed by atoms with E-state index in [-0.39, 0.29) is 17.5 Å². The van der Waals surface area contributed by atoms with Crippen molar-refractivity contribution in [1.29, 1.82) is 0 Å². The lowest BCUT2D eigenvalue weighted by atomic mass is 10.2. The number of benzene rings is 1. The van der Waals surface area contributed by atoms with Crippen molar-refractivity contribution in [2.45, 2.75) is 13.8 Å². The second kappa shape index (κ2) is 4.09. The van der Waals surface area contributed by atoms with E-state index in [4.69, 9.17) is 5.73 Å². The molecule has 3 nitrogen and oxygen atoms in total. The Morgan fingerprint density at radius 1 is 1.50 bits per heavy atom. The van der Waals surface area contributed by atoms with Crippen LogP contribution < -0.4 is 11.1 Å². The van der Waals surface area contributed by atoms with Crippen LogP contribution >= 0.6 is 0 Å². The zero-order valence-electron chi connectivity index (χ0n) is 8.17. The van der Waals surface area contributed by atoms with Gasteiger partial charge < -0.3 is 11.1 Å². The van der Waals surface area contributed by atoms with Crippen molar-refractivity contribution >= 4 is 17.3 Å². The third-order valence-electron chi connectivity index (χ3n) is 1.78. The molecule has 1 aromatic carbocycles. The van der Waals surface area contributed by atoms with Crippen LogP contribution in [0.5, 0.6) is 0 Å². The van der Waals surface area contributed by atoms with Crippen LogP contribution in [-0.2, 0) is 4.79 Å². The predicted octanol–water partition coefficient (Wildman–Crippen LogP) is 2.00. The van der Waals surface area contributed by atoms with Gasteiger partial charge >= 0.3 is 0 Å². The monoisotopic (exact) mass is 196 g/mol. The molecule has 0 fully saturated rings. The lowest BCUT2D eigenvalue weighted by Gasteiger charge is -2.08. The molecule has 0 aromatic heterocycles. The minimum atomic E-state index is -0.515. The van der Waals surface area contributed by atoms with Gasteiger partial charge in [0.2, 0.25) is 5.91 Å². The van der Waals surface area contributed by atoms with E-state index < -0.39 is 5.82 Å². The van der Waals surface area contributed by atoms with Gasteiger partial charge in [-0.2, -0.15) is 0 Å². The molecule has 0 radical (unpaired) electrons. The number of rotatable bonds is 2. The molecule has 0 heterocycles. The molecule has 1 rings (SSSR count). The standard InChI is InChI=1S/C10H13FN2O/c1-6(2)10(14)13-9-4-3-7(12)5-8(9)11/h3-6H,12H2,1-2H3,(H,13,14). The number of nitrogen functional groups attached to an aromatic ring is 1. The van der Waals surface area contributed by atoms with Gasteiger partial charge in [-0.1, -0.05) is 13.8 Å².